The quantitative estimate of drug-likeness (QED) is 0.670. The molecule has 4 heteroatoms. The van der Waals surface area contributed by atoms with Crippen molar-refractivity contribution < 1.29 is 0 Å². The van der Waals surface area contributed by atoms with Crippen molar-refractivity contribution in [1.29, 1.82) is 0 Å². The minimum atomic E-state index is 0.285. The molecule has 1 aromatic rings. The van der Waals surface area contributed by atoms with Crippen molar-refractivity contribution in [3.05, 3.63) is 17.7 Å². The standard InChI is InChI=1S/C11H18N4/c1-14-7-13-9-4-6-15-5-2-3-8(12)10(15)11(9)14/h7-8,10H,2-6,12H2,1H3. The SMILES string of the molecule is Cn1cnc2c1C1C(N)CCCN1CC2. The molecule has 0 saturated carbocycles. The molecule has 1 fully saturated rings. The highest BCUT2D eigenvalue weighted by atomic mass is 15.2. The monoisotopic (exact) mass is 206 g/mol. The number of hydrogen-bond donors (Lipinski definition) is 1. The zero-order chi connectivity index (χ0) is 10.4. The maximum absolute atomic E-state index is 6.25. The highest BCUT2D eigenvalue weighted by Gasteiger charge is 2.36. The first-order chi connectivity index (χ1) is 7.27. The van der Waals surface area contributed by atoms with Crippen LogP contribution in [0.3, 0.4) is 0 Å². The summed E-state index contributed by atoms with van der Waals surface area (Å²) in [4.78, 5) is 6.99. The molecular formula is C11H18N4. The first-order valence-electron chi connectivity index (χ1n) is 5.77. The zero-order valence-electron chi connectivity index (χ0n) is 9.19. The number of piperidine rings is 1. The van der Waals surface area contributed by atoms with Crippen molar-refractivity contribution in [2.75, 3.05) is 13.1 Å². The molecule has 0 aromatic carbocycles. The number of rotatable bonds is 0. The van der Waals surface area contributed by atoms with Crippen LogP contribution in [0.5, 0.6) is 0 Å². The average molecular weight is 206 g/mol. The summed E-state index contributed by atoms with van der Waals surface area (Å²) < 4.78 is 2.15. The molecule has 1 aromatic heterocycles. The minimum absolute atomic E-state index is 0.285. The van der Waals surface area contributed by atoms with E-state index in [0.29, 0.717) is 6.04 Å². The van der Waals surface area contributed by atoms with Crippen LogP contribution in [-0.4, -0.2) is 33.6 Å². The van der Waals surface area contributed by atoms with Gasteiger partial charge in [-0.3, -0.25) is 4.90 Å². The van der Waals surface area contributed by atoms with Crippen LogP contribution in [0.25, 0.3) is 0 Å². The van der Waals surface area contributed by atoms with E-state index >= 15 is 0 Å². The largest absolute Gasteiger partial charge is 0.336 e. The molecule has 0 spiro atoms. The van der Waals surface area contributed by atoms with E-state index in [4.69, 9.17) is 5.73 Å². The van der Waals surface area contributed by atoms with Gasteiger partial charge in [0, 0.05) is 26.1 Å². The molecule has 15 heavy (non-hydrogen) atoms. The molecule has 2 unspecified atom stereocenters. The summed E-state index contributed by atoms with van der Waals surface area (Å²) in [6.07, 6.45) is 5.39. The normalized spacial score (nSPS) is 31.1. The summed E-state index contributed by atoms with van der Waals surface area (Å²) in [5, 5.41) is 0. The number of imidazole rings is 1. The molecule has 4 nitrogen and oxygen atoms in total. The summed E-state index contributed by atoms with van der Waals surface area (Å²) in [7, 11) is 2.08. The van der Waals surface area contributed by atoms with E-state index in [1.54, 1.807) is 0 Å². The topological polar surface area (TPSA) is 47.1 Å². The molecule has 1 saturated heterocycles. The van der Waals surface area contributed by atoms with E-state index < -0.39 is 0 Å². The molecular weight excluding hydrogens is 188 g/mol. The van der Waals surface area contributed by atoms with Crippen LogP contribution in [0, 0.1) is 0 Å². The Kier molecular flexibility index (Phi) is 2.07. The molecule has 0 amide bonds. The maximum Gasteiger partial charge on any atom is 0.0949 e. The fourth-order valence-corrected chi connectivity index (χ4v) is 3.03. The average Bonchev–Trinajstić information content (AvgIpc) is 2.61. The van der Waals surface area contributed by atoms with Crippen LogP contribution < -0.4 is 5.73 Å². The number of aromatic nitrogens is 2. The Morgan fingerprint density at radius 2 is 2.33 bits per heavy atom. The smallest absolute Gasteiger partial charge is 0.0949 e. The van der Waals surface area contributed by atoms with Gasteiger partial charge in [-0.05, 0) is 19.4 Å². The Hall–Kier alpha value is -0.870. The molecule has 3 heterocycles. The Labute approximate surface area is 90.1 Å². The molecule has 2 N–H and O–H groups in total. The van der Waals surface area contributed by atoms with Gasteiger partial charge >= 0.3 is 0 Å². The van der Waals surface area contributed by atoms with Gasteiger partial charge in [0.15, 0.2) is 0 Å². The molecule has 0 radical (unpaired) electrons. The third-order valence-corrected chi connectivity index (χ3v) is 3.76. The second-order valence-electron chi connectivity index (χ2n) is 4.72. The number of nitrogens with zero attached hydrogens (tertiary/aromatic N) is 3. The predicted molar refractivity (Wildman–Crippen MR) is 58.4 cm³/mol. The number of aryl methyl sites for hydroxylation is 1. The minimum Gasteiger partial charge on any atom is -0.336 e. The Morgan fingerprint density at radius 3 is 3.20 bits per heavy atom. The van der Waals surface area contributed by atoms with Crippen LogP contribution in [-0.2, 0) is 13.5 Å². The van der Waals surface area contributed by atoms with E-state index in [-0.39, 0.29) is 6.04 Å². The van der Waals surface area contributed by atoms with Crippen molar-refractivity contribution in [3.63, 3.8) is 0 Å². The van der Waals surface area contributed by atoms with E-state index in [0.717, 1.165) is 19.4 Å². The van der Waals surface area contributed by atoms with Crippen molar-refractivity contribution >= 4 is 0 Å². The van der Waals surface area contributed by atoms with Crippen LogP contribution in [0.1, 0.15) is 30.3 Å². The first kappa shape index (κ1) is 9.36. The van der Waals surface area contributed by atoms with Gasteiger partial charge in [-0.25, -0.2) is 4.98 Å². The van der Waals surface area contributed by atoms with Gasteiger partial charge in [-0.15, -0.1) is 0 Å². The fourth-order valence-electron chi connectivity index (χ4n) is 3.03. The van der Waals surface area contributed by atoms with Crippen molar-refractivity contribution in [2.24, 2.45) is 12.8 Å². The van der Waals surface area contributed by atoms with E-state index in [1.165, 1.54) is 24.4 Å². The van der Waals surface area contributed by atoms with Gasteiger partial charge in [0.2, 0.25) is 0 Å². The molecule has 0 bridgehead atoms. The van der Waals surface area contributed by atoms with Gasteiger partial charge in [-0.2, -0.15) is 0 Å². The fraction of sp³-hybridized carbons (Fsp3) is 0.727. The highest BCUT2D eigenvalue weighted by molar-refractivity contribution is 5.23. The van der Waals surface area contributed by atoms with Gasteiger partial charge in [-0.1, -0.05) is 0 Å². The Bertz CT molecular complexity index is 371. The van der Waals surface area contributed by atoms with E-state index in [9.17, 15) is 0 Å². The Balaban J connectivity index is 2.05. The zero-order valence-corrected chi connectivity index (χ0v) is 9.19. The number of hydrogen-bond acceptors (Lipinski definition) is 3. The van der Waals surface area contributed by atoms with Gasteiger partial charge < -0.3 is 10.3 Å². The van der Waals surface area contributed by atoms with E-state index in [2.05, 4.69) is 21.5 Å². The number of nitrogens with two attached hydrogens (primary N) is 1. The van der Waals surface area contributed by atoms with Crippen LogP contribution >= 0.6 is 0 Å². The van der Waals surface area contributed by atoms with E-state index in [1.807, 2.05) is 6.33 Å². The highest BCUT2D eigenvalue weighted by Crippen LogP contribution is 2.34. The van der Waals surface area contributed by atoms with Crippen molar-refractivity contribution in [1.82, 2.24) is 14.5 Å². The summed E-state index contributed by atoms with van der Waals surface area (Å²) >= 11 is 0. The molecule has 82 valence electrons. The molecule has 2 aliphatic rings. The molecule has 3 rings (SSSR count). The number of fused-ring (bicyclic) bond motifs is 3. The van der Waals surface area contributed by atoms with Gasteiger partial charge in [0.25, 0.3) is 0 Å². The van der Waals surface area contributed by atoms with Crippen molar-refractivity contribution in [2.45, 2.75) is 31.3 Å². The van der Waals surface area contributed by atoms with Crippen molar-refractivity contribution in [3.8, 4) is 0 Å². The van der Waals surface area contributed by atoms with Crippen LogP contribution in [0.4, 0.5) is 0 Å². The summed E-state index contributed by atoms with van der Waals surface area (Å²) in [6, 6.07) is 0.697. The molecule has 0 aliphatic carbocycles. The Morgan fingerprint density at radius 1 is 1.47 bits per heavy atom. The second kappa shape index (κ2) is 3.32. The lowest BCUT2D eigenvalue weighted by atomic mass is 9.89. The summed E-state index contributed by atoms with van der Waals surface area (Å²) in [5.74, 6) is 0. The second-order valence-corrected chi connectivity index (χ2v) is 4.72. The lowest BCUT2D eigenvalue weighted by Gasteiger charge is -2.42. The molecule has 2 aliphatic heterocycles. The first-order valence-corrected chi connectivity index (χ1v) is 5.77. The molecule has 2 atom stereocenters. The van der Waals surface area contributed by atoms with Gasteiger partial charge in [0.05, 0.1) is 23.8 Å². The summed E-state index contributed by atoms with van der Waals surface area (Å²) in [6.45, 7) is 2.32. The lowest BCUT2D eigenvalue weighted by molar-refractivity contribution is 0.112. The summed E-state index contributed by atoms with van der Waals surface area (Å²) in [5.41, 5.74) is 8.86. The third-order valence-electron chi connectivity index (χ3n) is 3.76. The van der Waals surface area contributed by atoms with Gasteiger partial charge in [0.1, 0.15) is 0 Å². The van der Waals surface area contributed by atoms with Crippen LogP contribution in [0.15, 0.2) is 6.33 Å². The maximum atomic E-state index is 6.25. The van der Waals surface area contributed by atoms with Crippen LogP contribution in [0.2, 0.25) is 0 Å². The third kappa shape index (κ3) is 1.32. The predicted octanol–water partition coefficient (Wildman–Crippen LogP) is 0.440. The lowest BCUT2D eigenvalue weighted by Crippen LogP contribution is -2.49.